The van der Waals surface area contributed by atoms with E-state index in [1.807, 2.05) is 10.7 Å². The topological polar surface area (TPSA) is 68.9 Å². The highest BCUT2D eigenvalue weighted by molar-refractivity contribution is 6.30. The monoisotopic (exact) mass is 548 g/mol. The summed E-state index contributed by atoms with van der Waals surface area (Å²) in [7, 11) is 2.18. The van der Waals surface area contributed by atoms with Crippen molar-refractivity contribution in [1.29, 1.82) is 0 Å². The summed E-state index contributed by atoms with van der Waals surface area (Å²) in [6, 6.07) is 15.3. The number of likely N-dealkylation sites (N-methyl/N-ethyl adjacent to an activating group) is 1. The first-order valence-electron chi connectivity index (χ1n) is 13.7. The number of halogens is 2. The summed E-state index contributed by atoms with van der Waals surface area (Å²) in [5, 5.41) is 18.3. The number of benzene rings is 2. The number of fused-ring (bicyclic) bond motifs is 1. The van der Waals surface area contributed by atoms with Crippen LogP contribution in [0.15, 0.2) is 54.7 Å². The minimum atomic E-state index is -0.424. The van der Waals surface area contributed by atoms with Gasteiger partial charge in [-0.1, -0.05) is 35.9 Å². The number of nitrogens with zero attached hydrogens (tertiary/aromatic N) is 5. The molecule has 0 amide bonds. The Morgan fingerprint density at radius 1 is 1.00 bits per heavy atom. The lowest BCUT2D eigenvalue weighted by Crippen LogP contribution is -2.43. The average molecular weight is 549 g/mol. The van der Waals surface area contributed by atoms with Gasteiger partial charge in [-0.3, -0.25) is 4.90 Å². The van der Waals surface area contributed by atoms with Gasteiger partial charge in [-0.05, 0) is 68.1 Å². The number of aliphatic hydroxyl groups is 1. The summed E-state index contributed by atoms with van der Waals surface area (Å²) in [4.78, 5) is 9.44. The van der Waals surface area contributed by atoms with Crippen LogP contribution in [-0.4, -0.2) is 68.8 Å². The van der Waals surface area contributed by atoms with Crippen LogP contribution in [0.4, 0.5) is 16.0 Å². The van der Waals surface area contributed by atoms with Crippen molar-refractivity contribution in [2.24, 2.45) is 0 Å². The van der Waals surface area contributed by atoms with E-state index in [4.69, 9.17) is 16.7 Å². The molecule has 1 saturated heterocycles. The van der Waals surface area contributed by atoms with E-state index >= 15 is 0 Å². The lowest BCUT2D eigenvalue weighted by atomic mass is 9.85. The molecule has 2 aliphatic rings. The van der Waals surface area contributed by atoms with Gasteiger partial charge in [-0.25, -0.2) is 13.9 Å². The van der Waals surface area contributed by atoms with Crippen LogP contribution in [0.3, 0.4) is 0 Å². The minimum Gasteiger partial charge on any atom is -0.393 e. The van der Waals surface area contributed by atoms with Gasteiger partial charge in [0, 0.05) is 60.6 Å². The molecule has 3 heterocycles. The van der Waals surface area contributed by atoms with Crippen molar-refractivity contribution in [3.63, 3.8) is 0 Å². The number of piperazine rings is 1. The predicted molar refractivity (Wildman–Crippen MR) is 153 cm³/mol. The van der Waals surface area contributed by atoms with E-state index in [0.717, 1.165) is 80.7 Å². The molecule has 0 spiro atoms. The number of aliphatic hydroxyl groups excluding tert-OH is 1. The number of aromatic nitrogens is 3. The first kappa shape index (κ1) is 26.2. The zero-order chi connectivity index (χ0) is 26.9. The van der Waals surface area contributed by atoms with Crippen molar-refractivity contribution in [3.8, 4) is 11.1 Å². The Hall–Kier alpha value is -3.04. The minimum absolute atomic E-state index is 0.232. The Kier molecular flexibility index (Phi) is 7.53. The first-order valence-corrected chi connectivity index (χ1v) is 14.1. The zero-order valence-corrected chi connectivity index (χ0v) is 22.9. The van der Waals surface area contributed by atoms with E-state index in [1.54, 1.807) is 6.07 Å². The van der Waals surface area contributed by atoms with Gasteiger partial charge in [0.2, 0.25) is 5.95 Å². The molecule has 0 radical (unpaired) electrons. The van der Waals surface area contributed by atoms with Crippen LogP contribution in [0, 0.1) is 5.82 Å². The summed E-state index contributed by atoms with van der Waals surface area (Å²) in [5.74, 6) is 0.232. The summed E-state index contributed by atoms with van der Waals surface area (Å²) in [6.45, 7) is 5.37. The zero-order valence-electron chi connectivity index (χ0n) is 22.2. The maximum atomic E-state index is 13.9. The van der Waals surface area contributed by atoms with Gasteiger partial charge < -0.3 is 15.3 Å². The third-order valence-corrected chi connectivity index (χ3v) is 8.26. The number of hydrogen-bond donors (Lipinski definition) is 2. The van der Waals surface area contributed by atoms with Gasteiger partial charge in [-0.15, -0.1) is 5.10 Å². The Balaban J connectivity index is 1.31. The van der Waals surface area contributed by atoms with Crippen LogP contribution in [-0.2, 0) is 6.54 Å². The molecule has 6 rings (SSSR count). The van der Waals surface area contributed by atoms with E-state index in [-0.39, 0.29) is 12.0 Å². The van der Waals surface area contributed by atoms with Gasteiger partial charge in [-0.2, -0.15) is 0 Å². The third kappa shape index (κ3) is 5.94. The molecule has 9 heteroatoms. The van der Waals surface area contributed by atoms with Crippen molar-refractivity contribution in [3.05, 3.63) is 76.8 Å². The number of anilines is 2. The summed E-state index contributed by atoms with van der Waals surface area (Å²) >= 11 is 6.04. The van der Waals surface area contributed by atoms with Gasteiger partial charge in [0.15, 0.2) is 0 Å². The second-order valence-electron chi connectivity index (χ2n) is 10.9. The largest absolute Gasteiger partial charge is 0.393 e. The normalized spacial score (nSPS) is 20.9. The fourth-order valence-electron chi connectivity index (χ4n) is 5.77. The molecule has 0 unspecified atom stereocenters. The highest BCUT2D eigenvalue weighted by atomic mass is 35.5. The molecule has 39 heavy (non-hydrogen) atoms. The highest BCUT2D eigenvalue weighted by Crippen LogP contribution is 2.38. The summed E-state index contributed by atoms with van der Waals surface area (Å²) < 4.78 is 15.9. The van der Waals surface area contributed by atoms with Crippen molar-refractivity contribution in [1.82, 2.24) is 24.4 Å². The average Bonchev–Trinajstić information content (AvgIpc) is 3.29. The molecule has 0 bridgehead atoms. The number of hydrogen-bond acceptors (Lipinski definition) is 6. The maximum absolute atomic E-state index is 13.9. The van der Waals surface area contributed by atoms with Gasteiger partial charge in [0.25, 0.3) is 0 Å². The van der Waals surface area contributed by atoms with E-state index in [9.17, 15) is 9.50 Å². The molecule has 2 N–H and O–H groups in total. The number of rotatable bonds is 6. The number of nitrogens with one attached hydrogen (secondary N) is 1. The van der Waals surface area contributed by atoms with Crippen molar-refractivity contribution < 1.29 is 9.50 Å². The van der Waals surface area contributed by atoms with Gasteiger partial charge in [0.05, 0.1) is 17.8 Å². The molecule has 1 aliphatic heterocycles. The quantitative estimate of drug-likeness (QED) is 0.322. The summed E-state index contributed by atoms with van der Waals surface area (Å²) in [6.07, 6.45) is 4.97. The lowest BCUT2D eigenvalue weighted by Gasteiger charge is -2.32. The van der Waals surface area contributed by atoms with Crippen molar-refractivity contribution in [2.45, 2.75) is 44.2 Å². The Morgan fingerprint density at radius 2 is 1.74 bits per heavy atom. The molecule has 1 saturated carbocycles. The molecule has 2 aromatic carbocycles. The molecular weight excluding hydrogens is 515 g/mol. The molecular formula is C30H34ClFN6O. The second-order valence-corrected chi connectivity index (χ2v) is 11.4. The summed E-state index contributed by atoms with van der Waals surface area (Å²) in [5.41, 5.74) is 6.04. The van der Waals surface area contributed by atoms with Crippen LogP contribution in [0.5, 0.6) is 0 Å². The van der Waals surface area contributed by atoms with Gasteiger partial charge >= 0.3 is 0 Å². The molecule has 2 aromatic heterocycles. The maximum Gasteiger partial charge on any atom is 0.245 e. The molecule has 2 fully saturated rings. The molecule has 1 aliphatic carbocycles. The van der Waals surface area contributed by atoms with E-state index < -0.39 is 5.82 Å². The smallest absolute Gasteiger partial charge is 0.245 e. The van der Waals surface area contributed by atoms with E-state index in [0.29, 0.717) is 16.7 Å². The van der Waals surface area contributed by atoms with Gasteiger partial charge in [0.1, 0.15) is 5.82 Å². The Labute approximate surface area is 233 Å². The fourth-order valence-corrected chi connectivity index (χ4v) is 6.00. The van der Waals surface area contributed by atoms with Crippen LogP contribution >= 0.6 is 11.6 Å². The van der Waals surface area contributed by atoms with E-state index in [2.05, 4.69) is 57.5 Å². The standard InChI is InChI=1S/C30H34ClFN6O/c1-36-10-12-37(13-11-36)19-20-2-4-21(5-3-20)27-17-28(22-6-8-26(39)9-7-22)38-29(27)18-33-30(35-38)34-25-15-23(31)14-24(32)16-25/h2-5,14-18,22,26,39H,6-13,19H2,1H3,(H,34,35)/t22-,26-. The molecule has 7 nitrogen and oxygen atoms in total. The Morgan fingerprint density at radius 3 is 2.46 bits per heavy atom. The molecule has 0 atom stereocenters. The SMILES string of the molecule is CN1CCN(Cc2ccc(-c3cc([C@H]4CC[C@H](O)CC4)n4nc(Nc5cc(F)cc(Cl)c5)ncc34)cc2)CC1. The molecule has 204 valence electrons. The lowest BCUT2D eigenvalue weighted by molar-refractivity contribution is 0.121. The van der Waals surface area contributed by atoms with Crippen LogP contribution < -0.4 is 5.32 Å². The van der Waals surface area contributed by atoms with Crippen LogP contribution in [0.1, 0.15) is 42.9 Å². The molecule has 4 aromatic rings. The van der Waals surface area contributed by atoms with Crippen LogP contribution in [0.2, 0.25) is 5.02 Å². The fraction of sp³-hybridized carbons (Fsp3) is 0.400. The third-order valence-electron chi connectivity index (χ3n) is 8.05. The second kappa shape index (κ2) is 11.2. The van der Waals surface area contributed by atoms with Crippen LogP contribution in [0.25, 0.3) is 16.6 Å². The van der Waals surface area contributed by atoms with E-state index in [1.165, 1.54) is 17.7 Å². The highest BCUT2D eigenvalue weighted by Gasteiger charge is 2.25. The van der Waals surface area contributed by atoms with Crippen molar-refractivity contribution >= 4 is 28.8 Å². The van der Waals surface area contributed by atoms with Crippen molar-refractivity contribution in [2.75, 3.05) is 38.5 Å². The predicted octanol–water partition coefficient (Wildman–Crippen LogP) is 5.70. The Bertz CT molecular complexity index is 1420. The first-order chi connectivity index (χ1) is 18.9.